The third-order valence-corrected chi connectivity index (χ3v) is 3.96. The summed E-state index contributed by atoms with van der Waals surface area (Å²) < 4.78 is 40.3. The number of carbonyl (C=O) groups is 1. The van der Waals surface area contributed by atoms with Crippen molar-refractivity contribution in [2.45, 2.75) is 26.9 Å². The Balaban J connectivity index is 1.96. The Kier molecular flexibility index (Phi) is 4.73. The average molecular weight is 374 g/mol. The van der Waals surface area contributed by atoms with Crippen molar-refractivity contribution in [3.8, 4) is 5.69 Å². The molecule has 3 rings (SSSR count). The molecule has 0 unspecified atom stereocenters. The molecule has 0 spiro atoms. The third kappa shape index (κ3) is 3.99. The zero-order valence-corrected chi connectivity index (χ0v) is 14.9. The zero-order chi connectivity index (χ0) is 19.8. The molecule has 8 heteroatoms. The maximum absolute atomic E-state index is 13.0. The summed E-state index contributed by atoms with van der Waals surface area (Å²) >= 11 is 0. The van der Waals surface area contributed by atoms with Crippen LogP contribution in [0.25, 0.3) is 5.69 Å². The SMILES string of the molecule is Cc1ccc(C(=O)Nc2cc(C)nn2-c2cccc(C(F)(F)F)c2)c(C)n1. The molecule has 0 aliphatic heterocycles. The summed E-state index contributed by atoms with van der Waals surface area (Å²) in [5, 5.41) is 6.91. The van der Waals surface area contributed by atoms with Gasteiger partial charge in [-0.05, 0) is 51.1 Å². The number of alkyl halides is 3. The van der Waals surface area contributed by atoms with Crippen LogP contribution in [0.2, 0.25) is 0 Å². The number of nitrogens with zero attached hydrogens (tertiary/aromatic N) is 3. The van der Waals surface area contributed by atoms with Gasteiger partial charge in [-0.25, -0.2) is 4.68 Å². The van der Waals surface area contributed by atoms with E-state index in [1.54, 1.807) is 32.0 Å². The van der Waals surface area contributed by atoms with Gasteiger partial charge in [-0.3, -0.25) is 9.78 Å². The fraction of sp³-hybridized carbons (Fsp3) is 0.211. The van der Waals surface area contributed by atoms with E-state index in [0.29, 0.717) is 17.0 Å². The summed E-state index contributed by atoms with van der Waals surface area (Å²) in [6, 6.07) is 9.74. The Labute approximate surface area is 153 Å². The van der Waals surface area contributed by atoms with E-state index < -0.39 is 17.6 Å². The number of rotatable bonds is 3. The first-order valence-electron chi connectivity index (χ1n) is 8.15. The molecule has 140 valence electrons. The van der Waals surface area contributed by atoms with Gasteiger partial charge in [0, 0.05) is 11.8 Å². The smallest absolute Gasteiger partial charge is 0.306 e. The minimum atomic E-state index is -4.47. The van der Waals surface area contributed by atoms with E-state index in [2.05, 4.69) is 15.4 Å². The second kappa shape index (κ2) is 6.86. The van der Waals surface area contributed by atoms with Crippen molar-refractivity contribution in [3.05, 3.63) is 70.7 Å². The molecule has 27 heavy (non-hydrogen) atoms. The third-order valence-electron chi connectivity index (χ3n) is 3.96. The lowest BCUT2D eigenvalue weighted by molar-refractivity contribution is -0.137. The van der Waals surface area contributed by atoms with E-state index in [1.807, 2.05) is 6.92 Å². The second-order valence-corrected chi connectivity index (χ2v) is 6.17. The molecule has 0 aliphatic carbocycles. The molecule has 1 amide bonds. The highest BCUT2D eigenvalue weighted by Gasteiger charge is 2.30. The van der Waals surface area contributed by atoms with Crippen molar-refractivity contribution < 1.29 is 18.0 Å². The van der Waals surface area contributed by atoms with Crippen LogP contribution >= 0.6 is 0 Å². The Hall–Kier alpha value is -3.16. The molecule has 1 aromatic carbocycles. The largest absolute Gasteiger partial charge is 0.416 e. The summed E-state index contributed by atoms with van der Waals surface area (Å²) in [5.74, 6) is -0.134. The van der Waals surface area contributed by atoms with Gasteiger partial charge in [0.05, 0.1) is 28.2 Å². The molecule has 0 saturated heterocycles. The van der Waals surface area contributed by atoms with Crippen LogP contribution in [-0.4, -0.2) is 20.7 Å². The van der Waals surface area contributed by atoms with Gasteiger partial charge in [-0.1, -0.05) is 6.07 Å². The van der Waals surface area contributed by atoms with E-state index in [9.17, 15) is 18.0 Å². The summed E-state index contributed by atoms with van der Waals surface area (Å²) in [6.07, 6.45) is -4.47. The molecule has 1 N–H and O–H groups in total. The van der Waals surface area contributed by atoms with Crippen molar-refractivity contribution in [3.63, 3.8) is 0 Å². The van der Waals surface area contributed by atoms with Crippen molar-refractivity contribution in [2.75, 3.05) is 5.32 Å². The van der Waals surface area contributed by atoms with Gasteiger partial charge in [0.2, 0.25) is 0 Å². The molecular formula is C19H17F3N4O. The Bertz CT molecular complexity index is 1010. The standard InChI is InChI=1S/C19H17F3N4O/c1-11-7-8-16(13(3)23-11)18(27)24-17-9-12(2)25-26(17)15-6-4-5-14(10-15)19(20,21)22/h4-10H,1-3H3,(H,24,27). The molecule has 0 atom stereocenters. The highest BCUT2D eigenvalue weighted by Crippen LogP contribution is 2.31. The van der Waals surface area contributed by atoms with Gasteiger partial charge < -0.3 is 5.32 Å². The maximum Gasteiger partial charge on any atom is 0.416 e. The first kappa shape index (κ1) is 18.6. The van der Waals surface area contributed by atoms with Crippen LogP contribution in [0.15, 0.2) is 42.5 Å². The number of benzene rings is 1. The van der Waals surface area contributed by atoms with Crippen LogP contribution < -0.4 is 5.32 Å². The minimum Gasteiger partial charge on any atom is -0.306 e. The van der Waals surface area contributed by atoms with Crippen molar-refractivity contribution in [2.24, 2.45) is 0 Å². The Morgan fingerprint density at radius 2 is 1.78 bits per heavy atom. The van der Waals surface area contributed by atoms with Gasteiger partial charge in [0.1, 0.15) is 5.82 Å². The lowest BCUT2D eigenvalue weighted by Crippen LogP contribution is -2.17. The topological polar surface area (TPSA) is 59.8 Å². The fourth-order valence-corrected chi connectivity index (χ4v) is 2.71. The number of hydrogen-bond acceptors (Lipinski definition) is 3. The first-order valence-corrected chi connectivity index (χ1v) is 8.15. The van der Waals surface area contributed by atoms with Gasteiger partial charge in [-0.2, -0.15) is 18.3 Å². The molecule has 5 nitrogen and oxygen atoms in total. The Morgan fingerprint density at radius 1 is 1.04 bits per heavy atom. The van der Waals surface area contributed by atoms with Crippen LogP contribution in [0.1, 0.15) is 33.0 Å². The molecule has 0 saturated carbocycles. The molecule has 0 fully saturated rings. The monoisotopic (exact) mass is 374 g/mol. The molecule has 0 bridgehead atoms. The van der Waals surface area contributed by atoms with Crippen molar-refractivity contribution in [1.82, 2.24) is 14.8 Å². The highest BCUT2D eigenvalue weighted by molar-refractivity contribution is 6.04. The van der Waals surface area contributed by atoms with Crippen LogP contribution in [0.5, 0.6) is 0 Å². The number of aryl methyl sites for hydroxylation is 3. The lowest BCUT2D eigenvalue weighted by atomic mass is 10.1. The predicted octanol–water partition coefficient (Wildman–Crippen LogP) is 4.46. The average Bonchev–Trinajstić information content (AvgIpc) is 2.94. The van der Waals surface area contributed by atoms with Crippen LogP contribution in [-0.2, 0) is 6.18 Å². The number of anilines is 1. The second-order valence-electron chi connectivity index (χ2n) is 6.17. The van der Waals surface area contributed by atoms with Crippen LogP contribution in [0.3, 0.4) is 0 Å². The van der Waals surface area contributed by atoms with Crippen LogP contribution in [0, 0.1) is 20.8 Å². The maximum atomic E-state index is 13.0. The number of halogens is 3. The molecule has 0 aliphatic rings. The molecule has 3 aromatic rings. The zero-order valence-electron chi connectivity index (χ0n) is 14.9. The predicted molar refractivity (Wildman–Crippen MR) is 95.0 cm³/mol. The van der Waals surface area contributed by atoms with E-state index in [1.165, 1.54) is 16.8 Å². The van der Waals surface area contributed by atoms with Gasteiger partial charge in [0.15, 0.2) is 0 Å². The summed E-state index contributed by atoms with van der Waals surface area (Å²) in [5.41, 5.74) is 1.70. The Morgan fingerprint density at radius 3 is 2.44 bits per heavy atom. The number of aromatic nitrogens is 3. The van der Waals surface area contributed by atoms with E-state index in [-0.39, 0.29) is 11.5 Å². The lowest BCUT2D eigenvalue weighted by Gasteiger charge is -2.12. The van der Waals surface area contributed by atoms with Crippen molar-refractivity contribution in [1.29, 1.82) is 0 Å². The van der Waals surface area contributed by atoms with Crippen LogP contribution in [0.4, 0.5) is 19.0 Å². The van der Waals surface area contributed by atoms with E-state index in [4.69, 9.17) is 0 Å². The summed E-state index contributed by atoms with van der Waals surface area (Å²) in [7, 11) is 0. The molecule has 2 aromatic heterocycles. The molecule has 2 heterocycles. The normalized spacial score (nSPS) is 11.5. The van der Waals surface area contributed by atoms with E-state index in [0.717, 1.165) is 17.8 Å². The summed E-state index contributed by atoms with van der Waals surface area (Å²) in [6.45, 7) is 5.23. The number of hydrogen-bond donors (Lipinski definition) is 1. The molecular weight excluding hydrogens is 357 g/mol. The van der Waals surface area contributed by atoms with Gasteiger partial charge in [-0.15, -0.1) is 0 Å². The number of carbonyl (C=O) groups excluding carboxylic acids is 1. The fourth-order valence-electron chi connectivity index (χ4n) is 2.71. The van der Waals surface area contributed by atoms with Gasteiger partial charge in [0.25, 0.3) is 5.91 Å². The quantitative estimate of drug-likeness (QED) is 0.736. The van der Waals surface area contributed by atoms with E-state index >= 15 is 0 Å². The van der Waals surface area contributed by atoms with Crippen molar-refractivity contribution >= 4 is 11.7 Å². The number of nitrogens with one attached hydrogen (secondary N) is 1. The highest BCUT2D eigenvalue weighted by atomic mass is 19.4. The van der Waals surface area contributed by atoms with Gasteiger partial charge >= 0.3 is 6.18 Å². The first-order chi connectivity index (χ1) is 12.6. The molecule has 0 radical (unpaired) electrons. The summed E-state index contributed by atoms with van der Waals surface area (Å²) in [4.78, 5) is 16.8. The number of amides is 1. The number of pyridine rings is 1. The minimum absolute atomic E-state index is 0.201.